The number of aryl methyl sites for hydroxylation is 1. The van der Waals surface area contributed by atoms with Crippen LogP contribution in [0.3, 0.4) is 0 Å². The Bertz CT molecular complexity index is 930. The van der Waals surface area contributed by atoms with Gasteiger partial charge in [0.2, 0.25) is 5.03 Å². The Morgan fingerprint density at radius 3 is 2.19 bits per heavy atom. The second kappa shape index (κ2) is 7.61. The molecular weight excluding hydrogens is 388 g/mol. The smallest absolute Gasteiger partial charge is 0.263 e. The minimum absolute atomic E-state index is 0.0822. The van der Waals surface area contributed by atoms with Crippen LogP contribution in [0.1, 0.15) is 35.7 Å². The Balaban J connectivity index is 1.68. The molecule has 1 fully saturated rings. The molecule has 3 rings (SSSR count). The van der Waals surface area contributed by atoms with E-state index in [-0.39, 0.29) is 29.2 Å². The Kier molecular flexibility index (Phi) is 5.60. The first-order valence-corrected chi connectivity index (χ1v) is 10.6. The average Bonchev–Trinajstić information content (AvgIpc) is 3.01. The van der Waals surface area contributed by atoms with E-state index < -0.39 is 10.0 Å². The zero-order chi connectivity index (χ0) is 19.8. The van der Waals surface area contributed by atoms with Crippen molar-refractivity contribution in [3.05, 3.63) is 46.9 Å². The van der Waals surface area contributed by atoms with Gasteiger partial charge in [-0.1, -0.05) is 37.6 Å². The molecule has 0 N–H and O–H groups in total. The number of sulfonamides is 1. The summed E-state index contributed by atoms with van der Waals surface area (Å²) in [6, 6.07) is 7.58. The van der Waals surface area contributed by atoms with Crippen molar-refractivity contribution in [1.29, 1.82) is 0 Å². The highest BCUT2D eigenvalue weighted by Gasteiger charge is 2.33. The van der Waals surface area contributed by atoms with Crippen LogP contribution in [0.2, 0.25) is 5.15 Å². The van der Waals surface area contributed by atoms with Crippen molar-refractivity contribution in [2.24, 2.45) is 7.05 Å². The molecule has 1 saturated heterocycles. The van der Waals surface area contributed by atoms with Crippen molar-refractivity contribution in [3.63, 3.8) is 0 Å². The van der Waals surface area contributed by atoms with Gasteiger partial charge in [-0.3, -0.25) is 4.79 Å². The lowest BCUT2D eigenvalue weighted by Gasteiger charge is -2.33. The summed E-state index contributed by atoms with van der Waals surface area (Å²) in [5, 5.41) is -0.0607. The van der Waals surface area contributed by atoms with Gasteiger partial charge >= 0.3 is 0 Å². The molecule has 27 heavy (non-hydrogen) atoms. The summed E-state index contributed by atoms with van der Waals surface area (Å²) >= 11 is 6.04. The predicted octanol–water partition coefficient (Wildman–Crippen LogP) is 2.34. The summed E-state index contributed by atoms with van der Waals surface area (Å²) in [6.45, 7) is 5.29. The Morgan fingerprint density at radius 1 is 1.11 bits per heavy atom. The lowest BCUT2D eigenvalue weighted by atomic mass is 10.0. The van der Waals surface area contributed by atoms with E-state index in [1.165, 1.54) is 20.8 Å². The average molecular weight is 411 g/mol. The molecule has 2 aromatic rings. The maximum atomic E-state index is 12.7. The summed E-state index contributed by atoms with van der Waals surface area (Å²) in [6.07, 6.45) is 1.37. The van der Waals surface area contributed by atoms with E-state index in [2.05, 4.69) is 18.8 Å². The minimum Gasteiger partial charge on any atom is -0.336 e. The molecule has 1 aromatic heterocycles. The van der Waals surface area contributed by atoms with Crippen molar-refractivity contribution in [3.8, 4) is 0 Å². The molecule has 1 aliphatic rings. The fraction of sp³-hybridized carbons (Fsp3) is 0.444. The second-order valence-corrected chi connectivity index (χ2v) is 9.14. The van der Waals surface area contributed by atoms with Gasteiger partial charge in [0.25, 0.3) is 15.9 Å². The largest absolute Gasteiger partial charge is 0.336 e. The van der Waals surface area contributed by atoms with E-state index in [0.717, 1.165) is 0 Å². The second-order valence-electron chi connectivity index (χ2n) is 6.92. The highest BCUT2D eigenvalue weighted by atomic mass is 35.5. The van der Waals surface area contributed by atoms with Crippen LogP contribution >= 0.6 is 11.6 Å². The SMILES string of the molecule is CC(C)c1ccc(C(=O)N2CCN(S(=O)(=O)c3ncn(C)c3Cl)CC2)cc1. The van der Waals surface area contributed by atoms with Crippen LogP contribution in [-0.2, 0) is 17.1 Å². The number of amides is 1. The molecule has 0 aliphatic carbocycles. The van der Waals surface area contributed by atoms with Crippen LogP contribution in [-0.4, -0.2) is 59.3 Å². The first-order chi connectivity index (χ1) is 12.7. The van der Waals surface area contributed by atoms with E-state index in [0.29, 0.717) is 24.6 Å². The number of nitrogens with zero attached hydrogens (tertiary/aromatic N) is 4. The van der Waals surface area contributed by atoms with Crippen molar-refractivity contribution >= 4 is 27.5 Å². The third kappa shape index (κ3) is 3.88. The van der Waals surface area contributed by atoms with Gasteiger partial charge in [0.15, 0.2) is 0 Å². The molecule has 1 aliphatic heterocycles. The van der Waals surface area contributed by atoms with Crippen LogP contribution in [0.25, 0.3) is 0 Å². The Labute approximate surface area is 164 Å². The topological polar surface area (TPSA) is 75.5 Å². The molecule has 0 unspecified atom stereocenters. The van der Waals surface area contributed by atoms with E-state index >= 15 is 0 Å². The third-order valence-electron chi connectivity index (χ3n) is 4.77. The van der Waals surface area contributed by atoms with Crippen molar-refractivity contribution in [2.75, 3.05) is 26.2 Å². The highest BCUT2D eigenvalue weighted by Crippen LogP contribution is 2.24. The predicted molar refractivity (Wildman–Crippen MR) is 103 cm³/mol. The molecule has 0 radical (unpaired) electrons. The molecule has 2 heterocycles. The van der Waals surface area contributed by atoms with Gasteiger partial charge in [-0.25, -0.2) is 13.4 Å². The molecule has 7 nitrogen and oxygen atoms in total. The van der Waals surface area contributed by atoms with Gasteiger partial charge in [0.05, 0.1) is 6.33 Å². The van der Waals surface area contributed by atoms with Crippen LogP contribution in [0.4, 0.5) is 0 Å². The van der Waals surface area contributed by atoms with Crippen molar-refractivity contribution in [2.45, 2.75) is 24.8 Å². The fourth-order valence-electron chi connectivity index (χ4n) is 3.01. The van der Waals surface area contributed by atoms with Crippen LogP contribution < -0.4 is 0 Å². The number of halogens is 1. The summed E-state index contributed by atoms with van der Waals surface area (Å²) in [5.74, 6) is 0.319. The van der Waals surface area contributed by atoms with Gasteiger partial charge in [0.1, 0.15) is 5.15 Å². The van der Waals surface area contributed by atoms with Gasteiger partial charge in [-0.2, -0.15) is 4.31 Å². The zero-order valence-electron chi connectivity index (χ0n) is 15.6. The number of aromatic nitrogens is 2. The number of hydrogen-bond acceptors (Lipinski definition) is 4. The normalized spacial score (nSPS) is 16.1. The number of piperazine rings is 1. The Morgan fingerprint density at radius 2 is 1.70 bits per heavy atom. The van der Waals surface area contributed by atoms with E-state index in [1.54, 1.807) is 11.9 Å². The third-order valence-corrected chi connectivity index (χ3v) is 7.16. The number of carbonyl (C=O) groups excluding carboxylic acids is 1. The monoisotopic (exact) mass is 410 g/mol. The minimum atomic E-state index is -3.77. The summed E-state index contributed by atoms with van der Waals surface area (Å²) < 4.78 is 28.2. The highest BCUT2D eigenvalue weighted by molar-refractivity contribution is 7.89. The lowest BCUT2D eigenvalue weighted by Crippen LogP contribution is -2.50. The standard InChI is InChI=1S/C18H23ClN4O3S/c1-13(2)14-4-6-15(7-5-14)18(24)22-8-10-23(11-9-22)27(25,26)17-16(19)21(3)12-20-17/h4-7,12-13H,8-11H2,1-3H3. The number of imidazole rings is 1. The van der Waals surface area contributed by atoms with Gasteiger partial charge in [-0.15, -0.1) is 0 Å². The molecule has 0 bridgehead atoms. The molecule has 0 spiro atoms. The zero-order valence-corrected chi connectivity index (χ0v) is 17.2. The summed E-state index contributed by atoms with van der Waals surface area (Å²) in [4.78, 5) is 18.3. The molecule has 1 aromatic carbocycles. The molecule has 0 saturated carbocycles. The maximum absolute atomic E-state index is 12.7. The maximum Gasteiger partial charge on any atom is 0.263 e. The van der Waals surface area contributed by atoms with Crippen LogP contribution in [0.5, 0.6) is 0 Å². The molecule has 1 amide bonds. The molecule has 146 valence electrons. The number of hydrogen-bond donors (Lipinski definition) is 0. The summed E-state index contributed by atoms with van der Waals surface area (Å²) in [7, 11) is -2.13. The first kappa shape index (κ1) is 19.9. The van der Waals surface area contributed by atoms with Crippen LogP contribution in [0.15, 0.2) is 35.6 Å². The summed E-state index contributed by atoms with van der Waals surface area (Å²) in [5.41, 5.74) is 1.79. The van der Waals surface area contributed by atoms with Gasteiger partial charge in [-0.05, 0) is 23.6 Å². The number of carbonyl (C=O) groups is 1. The van der Waals surface area contributed by atoms with Gasteiger partial charge in [0, 0.05) is 38.8 Å². The number of benzene rings is 1. The van der Waals surface area contributed by atoms with Crippen molar-refractivity contribution < 1.29 is 13.2 Å². The number of rotatable bonds is 4. The lowest BCUT2D eigenvalue weighted by molar-refractivity contribution is 0.0697. The van der Waals surface area contributed by atoms with E-state index in [1.807, 2.05) is 24.3 Å². The van der Waals surface area contributed by atoms with Gasteiger partial charge < -0.3 is 9.47 Å². The quantitative estimate of drug-likeness (QED) is 0.775. The molecule has 0 atom stereocenters. The van der Waals surface area contributed by atoms with E-state index in [4.69, 9.17) is 11.6 Å². The fourth-order valence-corrected chi connectivity index (χ4v) is 4.82. The molecular formula is C18H23ClN4O3S. The first-order valence-electron chi connectivity index (χ1n) is 8.78. The Hall–Kier alpha value is -1.90. The van der Waals surface area contributed by atoms with Crippen molar-refractivity contribution in [1.82, 2.24) is 18.8 Å². The van der Waals surface area contributed by atoms with E-state index in [9.17, 15) is 13.2 Å². The van der Waals surface area contributed by atoms with Crippen LogP contribution in [0, 0.1) is 0 Å². The molecule has 9 heteroatoms.